The largest absolute Gasteiger partial charge is 0.351 e. The summed E-state index contributed by atoms with van der Waals surface area (Å²) >= 11 is 1.33. The second-order valence-corrected chi connectivity index (χ2v) is 4.78. The highest BCUT2D eigenvalue weighted by Crippen LogP contribution is 2.33. The molecule has 0 aliphatic rings. The van der Waals surface area contributed by atoms with Crippen molar-refractivity contribution in [1.82, 2.24) is 0 Å². The molecule has 3 N–H and O–H groups in total. The van der Waals surface area contributed by atoms with Crippen LogP contribution in [0.4, 0.5) is 9.80 Å². The Bertz CT molecular complexity index is 595. The number of nitrogens with one attached hydrogen (secondary N) is 1. The number of hydrogen-bond donors (Lipinski definition) is 2. The number of carbonyl (C=O) groups excluding carboxylic acids is 2. The van der Waals surface area contributed by atoms with Crippen LogP contribution in [0.2, 0.25) is 0 Å². The molecule has 1 rings (SSSR count). The van der Waals surface area contributed by atoms with Gasteiger partial charge in [0.15, 0.2) is 0 Å². The minimum Gasteiger partial charge on any atom is -0.351 e. The van der Waals surface area contributed by atoms with E-state index in [4.69, 9.17) is 5.73 Å². The van der Waals surface area contributed by atoms with Gasteiger partial charge in [0, 0.05) is 10.4 Å². The van der Waals surface area contributed by atoms with Crippen LogP contribution in [0.3, 0.4) is 0 Å². The van der Waals surface area contributed by atoms with Gasteiger partial charge in [0.25, 0.3) is 0 Å². The number of amides is 2. The Morgan fingerprint density at radius 2 is 2.20 bits per heavy atom. The maximum atomic E-state index is 10.9. The molecule has 1 aromatic heterocycles. The Morgan fingerprint density at radius 1 is 1.45 bits per heavy atom. The lowest BCUT2D eigenvalue weighted by Gasteiger charge is -1.98. The number of thiophene rings is 1. The van der Waals surface area contributed by atoms with Crippen molar-refractivity contribution < 1.29 is 9.59 Å². The number of carbonyl (C=O) groups is 2. The van der Waals surface area contributed by atoms with Gasteiger partial charge in [0.2, 0.25) is 0 Å². The molecule has 4 nitrogen and oxygen atoms in total. The van der Waals surface area contributed by atoms with Crippen molar-refractivity contribution in [1.29, 1.82) is 0 Å². The van der Waals surface area contributed by atoms with E-state index < -0.39 is 6.03 Å². The van der Waals surface area contributed by atoms with E-state index in [2.05, 4.69) is 11.9 Å². The van der Waals surface area contributed by atoms with Gasteiger partial charge in [-0.2, -0.15) is 0 Å². The number of hydrogen-bond acceptors (Lipinski definition) is 3. The Labute approximate surface area is 122 Å². The number of aldehydes is 1. The van der Waals surface area contributed by atoms with Gasteiger partial charge in [-0.05, 0) is 24.6 Å². The summed E-state index contributed by atoms with van der Waals surface area (Å²) in [5, 5.41) is 3.15. The molecule has 0 saturated carbocycles. The maximum absolute atomic E-state index is 10.9. The minimum atomic E-state index is -0.633. The highest BCUT2D eigenvalue weighted by atomic mass is 32.1. The van der Waals surface area contributed by atoms with Gasteiger partial charge >= 0.3 is 6.03 Å². The summed E-state index contributed by atoms with van der Waals surface area (Å²) in [6, 6.07) is 1.21. The molecular weight excluding hydrogens is 272 g/mol. The Hall–Kier alpha value is -2.40. The molecule has 0 spiro atoms. The van der Waals surface area contributed by atoms with Crippen LogP contribution < -0.4 is 11.1 Å². The van der Waals surface area contributed by atoms with Crippen molar-refractivity contribution in [3.63, 3.8) is 0 Å². The first-order valence-electron chi connectivity index (χ1n) is 5.90. The van der Waals surface area contributed by atoms with Gasteiger partial charge in [-0.3, -0.25) is 10.1 Å². The van der Waals surface area contributed by atoms with Gasteiger partial charge < -0.3 is 5.73 Å². The van der Waals surface area contributed by atoms with Crippen molar-refractivity contribution in [3.8, 4) is 0 Å². The monoisotopic (exact) mass is 288 g/mol. The summed E-state index contributed by atoms with van der Waals surface area (Å²) in [7, 11) is 0. The number of rotatable bonds is 6. The third kappa shape index (κ3) is 4.37. The molecule has 0 atom stereocenters. The average Bonchev–Trinajstić information content (AvgIpc) is 2.80. The molecule has 0 aromatic carbocycles. The van der Waals surface area contributed by atoms with Crippen molar-refractivity contribution in [2.75, 3.05) is 5.32 Å². The predicted molar refractivity (Wildman–Crippen MR) is 85.6 cm³/mol. The fraction of sp³-hybridized carbons (Fsp3) is 0.0667. The number of nitrogens with two attached hydrogens (primary N) is 1. The second-order valence-electron chi connectivity index (χ2n) is 3.73. The normalized spacial score (nSPS) is 11.9. The van der Waals surface area contributed by atoms with E-state index in [0.717, 1.165) is 22.3 Å². The van der Waals surface area contributed by atoms with Crippen LogP contribution in [0.1, 0.15) is 17.4 Å². The van der Waals surface area contributed by atoms with Gasteiger partial charge in [-0.25, -0.2) is 4.79 Å². The predicted octanol–water partition coefficient (Wildman–Crippen LogP) is 3.60. The quantitative estimate of drug-likeness (QED) is 0.477. The van der Waals surface area contributed by atoms with E-state index in [9.17, 15) is 9.59 Å². The summed E-state index contributed by atoms with van der Waals surface area (Å²) < 4.78 is 0. The first-order chi connectivity index (χ1) is 9.62. The van der Waals surface area contributed by atoms with E-state index in [1.165, 1.54) is 17.4 Å². The summed E-state index contributed by atoms with van der Waals surface area (Å²) in [5.74, 6) is 0. The zero-order chi connectivity index (χ0) is 15.0. The zero-order valence-electron chi connectivity index (χ0n) is 11.1. The van der Waals surface area contributed by atoms with E-state index in [1.807, 2.05) is 37.3 Å². The molecular formula is C15H16N2O2S. The Kier molecular flexibility index (Phi) is 6.19. The molecule has 5 heteroatoms. The lowest BCUT2D eigenvalue weighted by molar-refractivity contribution is -0.104. The summed E-state index contributed by atoms with van der Waals surface area (Å²) in [5.41, 5.74) is 6.64. The molecule has 0 fully saturated rings. The SMILES string of the molecule is C=Cc1cc(C(/C=C\C=C/C)=C\C=O)sc1NC(N)=O. The van der Waals surface area contributed by atoms with Crippen LogP contribution in [-0.2, 0) is 4.79 Å². The van der Waals surface area contributed by atoms with Gasteiger partial charge in [-0.15, -0.1) is 11.3 Å². The van der Waals surface area contributed by atoms with Crippen LogP contribution in [0.15, 0.2) is 43.0 Å². The number of primary amides is 1. The van der Waals surface area contributed by atoms with E-state index in [1.54, 1.807) is 6.08 Å². The van der Waals surface area contributed by atoms with Gasteiger partial charge in [0.1, 0.15) is 11.3 Å². The molecule has 1 aromatic rings. The fourth-order valence-corrected chi connectivity index (χ4v) is 2.54. The lowest BCUT2D eigenvalue weighted by Crippen LogP contribution is -2.18. The molecule has 2 amide bonds. The molecule has 0 unspecified atom stereocenters. The summed E-state index contributed by atoms with van der Waals surface area (Å²) in [6.07, 6.45) is 11.2. The lowest BCUT2D eigenvalue weighted by atomic mass is 10.1. The molecule has 0 aliphatic heterocycles. The average molecular weight is 288 g/mol. The van der Waals surface area contributed by atoms with Crippen LogP contribution in [-0.4, -0.2) is 12.3 Å². The molecule has 0 saturated heterocycles. The topological polar surface area (TPSA) is 72.2 Å². The van der Waals surface area contributed by atoms with Gasteiger partial charge in [0.05, 0.1) is 0 Å². The first-order valence-corrected chi connectivity index (χ1v) is 6.72. The molecule has 104 valence electrons. The van der Waals surface area contributed by atoms with Crippen LogP contribution in [0.5, 0.6) is 0 Å². The van der Waals surface area contributed by atoms with E-state index in [0.29, 0.717) is 5.00 Å². The van der Waals surface area contributed by atoms with Gasteiger partial charge in [-0.1, -0.05) is 37.0 Å². The summed E-state index contributed by atoms with van der Waals surface area (Å²) in [4.78, 5) is 22.5. The number of anilines is 1. The number of urea groups is 1. The van der Waals surface area contributed by atoms with Crippen molar-refractivity contribution in [2.24, 2.45) is 5.73 Å². The zero-order valence-corrected chi connectivity index (χ0v) is 11.9. The third-order valence-electron chi connectivity index (χ3n) is 2.33. The first kappa shape index (κ1) is 15.7. The standard InChI is InChI=1S/C15H16N2O2S/c1-3-5-6-7-12(8-9-18)13-10-11(4-2)14(20-13)17-15(16)19/h3-10H,2H2,1H3,(H3,16,17,19)/b5-3-,7-6-,12-8-. The van der Waals surface area contributed by atoms with E-state index in [-0.39, 0.29) is 0 Å². The number of allylic oxidation sites excluding steroid dienone is 6. The highest BCUT2D eigenvalue weighted by Gasteiger charge is 2.10. The summed E-state index contributed by atoms with van der Waals surface area (Å²) in [6.45, 7) is 5.60. The molecule has 0 bridgehead atoms. The smallest absolute Gasteiger partial charge is 0.317 e. The Balaban J connectivity index is 3.18. The molecule has 0 radical (unpaired) electrons. The van der Waals surface area contributed by atoms with Crippen molar-refractivity contribution >= 4 is 40.3 Å². The molecule has 20 heavy (non-hydrogen) atoms. The minimum absolute atomic E-state index is 0.610. The highest BCUT2D eigenvalue weighted by molar-refractivity contribution is 7.17. The molecule has 1 heterocycles. The van der Waals surface area contributed by atoms with E-state index >= 15 is 0 Å². The maximum Gasteiger partial charge on any atom is 0.317 e. The van der Waals surface area contributed by atoms with Crippen molar-refractivity contribution in [2.45, 2.75) is 6.92 Å². The second kappa shape index (κ2) is 7.91. The molecule has 0 aliphatic carbocycles. The van der Waals surface area contributed by atoms with Crippen LogP contribution in [0.25, 0.3) is 11.6 Å². The van der Waals surface area contributed by atoms with Crippen molar-refractivity contribution in [3.05, 3.63) is 53.5 Å². The van der Waals surface area contributed by atoms with Crippen LogP contribution in [0, 0.1) is 0 Å². The fourth-order valence-electron chi connectivity index (χ4n) is 1.47. The third-order valence-corrected chi connectivity index (χ3v) is 3.44. The Morgan fingerprint density at radius 3 is 2.75 bits per heavy atom. The van der Waals surface area contributed by atoms with Crippen LogP contribution >= 0.6 is 11.3 Å².